The SMILES string of the molecule is C[C@H]1CC[C@@H](N)CN1C(=O)c1cc(F)c2c(c1)nc(-c1cc3ccc(C(C)(C)O)nc3[nH]1)n2C. The number of aromatic amines is 1. The molecule has 4 aromatic rings. The van der Waals surface area contributed by atoms with E-state index in [1.54, 1.807) is 42.5 Å². The van der Waals surface area contributed by atoms with Gasteiger partial charge in [0.05, 0.1) is 16.9 Å². The fraction of sp³-hybridized carbons (Fsp3) is 0.400. The molecule has 3 aromatic heterocycles. The minimum absolute atomic E-state index is 0.0537. The highest BCUT2D eigenvalue weighted by Gasteiger charge is 2.29. The Morgan fingerprint density at radius 3 is 2.74 bits per heavy atom. The van der Waals surface area contributed by atoms with Gasteiger partial charge in [0, 0.05) is 36.6 Å². The number of nitrogens with two attached hydrogens (primary N) is 1. The molecule has 1 aromatic carbocycles. The maximum Gasteiger partial charge on any atom is 0.254 e. The van der Waals surface area contributed by atoms with Crippen LogP contribution in [0.15, 0.2) is 30.3 Å². The summed E-state index contributed by atoms with van der Waals surface area (Å²) in [6.07, 6.45) is 1.70. The summed E-state index contributed by atoms with van der Waals surface area (Å²) in [7, 11) is 1.74. The zero-order valence-electron chi connectivity index (χ0n) is 19.8. The number of fused-ring (bicyclic) bond motifs is 2. The van der Waals surface area contributed by atoms with E-state index >= 15 is 4.39 Å². The minimum Gasteiger partial charge on any atom is -0.384 e. The number of imidazole rings is 1. The van der Waals surface area contributed by atoms with Crippen LogP contribution in [0.1, 0.15) is 49.7 Å². The largest absolute Gasteiger partial charge is 0.384 e. The van der Waals surface area contributed by atoms with Crippen molar-refractivity contribution >= 4 is 28.0 Å². The van der Waals surface area contributed by atoms with Crippen molar-refractivity contribution < 1.29 is 14.3 Å². The molecule has 1 fully saturated rings. The van der Waals surface area contributed by atoms with E-state index in [1.165, 1.54) is 6.07 Å². The number of aromatic nitrogens is 4. The lowest BCUT2D eigenvalue weighted by atomic mass is 9.99. The molecule has 34 heavy (non-hydrogen) atoms. The number of carbonyl (C=O) groups excluding carboxylic acids is 1. The number of benzene rings is 1. The van der Waals surface area contributed by atoms with Crippen LogP contribution in [-0.2, 0) is 12.6 Å². The molecule has 1 aliphatic rings. The zero-order valence-corrected chi connectivity index (χ0v) is 19.8. The summed E-state index contributed by atoms with van der Waals surface area (Å²) in [5, 5.41) is 11.1. The number of aliphatic hydroxyl groups is 1. The number of nitrogens with one attached hydrogen (secondary N) is 1. The highest BCUT2D eigenvalue weighted by atomic mass is 19.1. The number of H-pyrrole nitrogens is 1. The van der Waals surface area contributed by atoms with Crippen LogP contribution in [0.25, 0.3) is 33.6 Å². The monoisotopic (exact) mass is 464 g/mol. The van der Waals surface area contributed by atoms with Crippen LogP contribution in [0.5, 0.6) is 0 Å². The highest BCUT2D eigenvalue weighted by Crippen LogP contribution is 2.30. The lowest BCUT2D eigenvalue weighted by Gasteiger charge is -2.36. The Labute approximate surface area is 196 Å². The van der Waals surface area contributed by atoms with Gasteiger partial charge in [0.15, 0.2) is 5.82 Å². The Bertz CT molecular complexity index is 1420. The van der Waals surface area contributed by atoms with E-state index in [-0.39, 0.29) is 23.6 Å². The predicted octanol–water partition coefficient (Wildman–Crippen LogP) is 3.43. The second-order valence-electron chi connectivity index (χ2n) is 9.84. The van der Waals surface area contributed by atoms with Gasteiger partial charge in [-0.2, -0.15) is 0 Å². The van der Waals surface area contributed by atoms with Gasteiger partial charge in [-0.1, -0.05) is 0 Å². The summed E-state index contributed by atoms with van der Waals surface area (Å²) in [5.74, 6) is -0.214. The van der Waals surface area contributed by atoms with Gasteiger partial charge in [-0.25, -0.2) is 14.4 Å². The Morgan fingerprint density at radius 2 is 2.00 bits per heavy atom. The first-order valence-electron chi connectivity index (χ1n) is 11.5. The second-order valence-corrected chi connectivity index (χ2v) is 9.84. The van der Waals surface area contributed by atoms with Crippen LogP contribution >= 0.6 is 0 Å². The van der Waals surface area contributed by atoms with Crippen LogP contribution in [0.4, 0.5) is 4.39 Å². The van der Waals surface area contributed by atoms with E-state index in [2.05, 4.69) is 15.0 Å². The zero-order chi connectivity index (χ0) is 24.4. The molecule has 0 unspecified atom stereocenters. The molecule has 8 nitrogen and oxygen atoms in total. The lowest BCUT2D eigenvalue weighted by molar-refractivity contribution is 0.0612. The standard InChI is InChI=1S/C25H29FN6O2/c1-13-5-7-16(27)12-32(13)24(33)15-9-17(26)21-18(11-15)29-23(31(21)4)19-10-14-6-8-20(25(2,3)34)30-22(14)28-19/h6,8-11,13,16,34H,5,7,12,27H2,1-4H3,(H,28,30)/t13-,16+/m0/s1. The van der Waals surface area contributed by atoms with E-state index < -0.39 is 11.4 Å². The molecular weight excluding hydrogens is 435 g/mol. The molecule has 1 saturated heterocycles. The molecule has 0 bridgehead atoms. The van der Waals surface area contributed by atoms with Gasteiger partial charge in [0.1, 0.15) is 22.6 Å². The smallest absolute Gasteiger partial charge is 0.254 e. The summed E-state index contributed by atoms with van der Waals surface area (Å²) >= 11 is 0. The Kier molecular flexibility index (Phi) is 5.22. The maximum atomic E-state index is 15.2. The van der Waals surface area contributed by atoms with Gasteiger partial charge in [-0.3, -0.25) is 4.79 Å². The van der Waals surface area contributed by atoms with Crippen molar-refractivity contribution in [2.24, 2.45) is 12.8 Å². The normalized spacial score (nSPS) is 19.3. The predicted molar refractivity (Wildman–Crippen MR) is 129 cm³/mol. The van der Waals surface area contributed by atoms with Gasteiger partial charge in [-0.15, -0.1) is 0 Å². The van der Waals surface area contributed by atoms with Crippen LogP contribution < -0.4 is 5.73 Å². The highest BCUT2D eigenvalue weighted by molar-refractivity contribution is 5.98. The van der Waals surface area contributed by atoms with E-state index in [9.17, 15) is 9.90 Å². The van der Waals surface area contributed by atoms with Gasteiger partial charge in [0.2, 0.25) is 0 Å². The first kappa shape index (κ1) is 22.5. The van der Waals surface area contributed by atoms with Crippen molar-refractivity contribution in [3.05, 3.63) is 47.4 Å². The minimum atomic E-state index is -1.07. The number of nitrogens with zero attached hydrogens (tertiary/aromatic N) is 4. The van der Waals surface area contributed by atoms with E-state index in [1.807, 2.05) is 19.1 Å². The first-order valence-corrected chi connectivity index (χ1v) is 11.5. The molecule has 4 N–H and O–H groups in total. The average Bonchev–Trinajstić information content (AvgIpc) is 3.34. The van der Waals surface area contributed by atoms with Crippen LogP contribution in [0.3, 0.4) is 0 Å². The number of hydrogen-bond donors (Lipinski definition) is 3. The molecule has 4 heterocycles. The number of aryl methyl sites for hydroxylation is 1. The Hall–Kier alpha value is -3.30. The number of piperidine rings is 1. The lowest BCUT2D eigenvalue weighted by Crippen LogP contribution is -2.50. The molecule has 1 amide bonds. The van der Waals surface area contributed by atoms with Gasteiger partial charge in [-0.05, 0) is 63.9 Å². The third-order valence-electron chi connectivity index (χ3n) is 6.70. The Balaban J connectivity index is 1.56. The van der Waals surface area contributed by atoms with Crippen molar-refractivity contribution in [3.63, 3.8) is 0 Å². The van der Waals surface area contributed by atoms with Crippen molar-refractivity contribution in [2.75, 3.05) is 6.54 Å². The first-order chi connectivity index (χ1) is 16.0. The fourth-order valence-corrected chi connectivity index (χ4v) is 4.71. The number of rotatable bonds is 3. The molecule has 9 heteroatoms. The van der Waals surface area contributed by atoms with Gasteiger partial charge in [0.25, 0.3) is 5.91 Å². The second kappa shape index (κ2) is 7.89. The van der Waals surface area contributed by atoms with E-state index in [4.69, 9.17) is 5.73 Å². The van der Waals surface area contributed by atoms with E-state index in [0.717, 1.165) is 18.2 Å². The van der Waals surface area contributed by atoms with Crippen LogP contribution in [0.2, 0.25) is 0 Å². The summed E-state index contributed by atoms with van der Waals surface area (Å²) in [6, 6.07) is 8.45. The molecule has 178 valence electrons. The molecule has 0 saturated carbocycles. The van der Waals surface area contributed by atoms with Crippen molar-refractivity contribution in [1.29, 1.82) is 0 Å². The van der Waals surface area contributed by atoms with Gasteiger partial charge < -0.3 is 25.3 Å². The third kappa shape index (κ3) is 3.74. The molecule has 0 spiro atoms. The fourth-order valence-electron chi connectivity index (χ4n) is 4.71. The molecular formula is C25H29FN6O2. The molecule has 2 atom stereocenters. The molecule has 0 aliphatic carbocycles. The number of pyridine rings is 1. The van der Waals surface area contributed by atoms with Crippen LogP contribution in [-0.4, -0.2) is 54.1 Å². The van der Waals surface area contributed by atoms with E-state index in [0.29, 0.717) is 40.4 Å². The summed E-state index contributed by atoms with van der Waals surface area (Å²) in [6.45, 7) is 5.81. The molecule has 5 rings (SSSR count). The number of likely N-dealkylation sites (tertiary alicyclic amines) is 1. The summed E-state index contributed by atoms with van der Waals surface area (Å²) < 4.78 is 16.9. The summed E-state index contributed by atoms with van der Waals surface area (Å²) in [4.78, 5) is 27.3. The quantitative estimate of drug-likeness (QED) is 0.430. The van der Waals surface area contributed by atoms with Crippen LogP contribution in [0, 0.1) is 5.82 Å². The number of carbonyl (C=O) groups is 1. The molecule has 0 radical (unpaired) electrons. The van der Waals surface area contributed by atoms with Crippen molar-refractivity contribution in [3.8, 4) is 11.5 Å². The maximum absolute atomic E-state index is 15.2. The number of halogens is 1. The number of amides is 1. The third-order valence-corrected chi connectivity index (χ3v) is 6.70. The molecule has 1 aliphatic heterocycles. The average molecular weight is 465 g/mol. The van der Waals surface area contributed by atoms with Crippen molar-refractivity contribution in [2.45, 2.75) is 51.3 Å². The summed E-state index contributed by atoms with van der Waals surface area (Å²) in [5.41, 5.74) is 7.80. The van der Waals surface area contributed by atoms with Gasteiger partial charge >= 0.3 is 0 Å². The topological polar surface area (TPSA) is 113 Å². The van der Waals surface area contributed by atoms with Crippen molar-refractivity contribution in [1.82, 2.24) is 24.4 Å². The Morgan fingerprint density at radius 1 is 1.24 bits per heavy atom. The number of hydrogen-bond acceptors (Lipinski definition) is 5.